The molecule has 6 heteroatoms. The van der Waals surface area contributed by atoms with E-state index in [4.69, 9.17) is 4.42 Å². The Kier molecular flexibility index (Phi) is 5.27. The maximum absolute atomic E-state index is 14.7. The van der Waals surface area contributed by atoms with Crippen LogP contribution in [0.5, 0.6) is 0 Å². The van der Waals surface area contributed by atoms with Gasteiger partial charge < -0.3 is 19.2 Å². The molecule has 0 radical (unpaired) electrons. The second-order valence-electron chi connectivity index (χ2n) is 8.28. The predicted molar refractivity (Wildman–Crippen MR) is 116 cm³/mol. The Hall–Kier alpha value is -2.70. The Labute approximate surface area is 174 Å². The number of rotatable bonds is 6. The average Bonchev–Trinajstić information content (AvgIpc) is 3.40. The average molecular weight is 407 g/mol. The Bertz CT molecular complexity index is 1110. The Balaban J connectivity index is 1.17. The van der Waals surface area contributed by atoms with Crippen molar-refractivity contribution in [2.24, 2.45) is 0 Å². The van der Waals surface area contributed by atoms with Crippen molar-refractivity contribution < 1.29 is 8.81 Å². The molecule has 156 valence electrons. The number of aromatic nitrogens is 1. The summed E-state index contributed by atoms with van der Waals surface area (Å²) >= 11 is 0. The van der Waals surface area contributed by atoms with E-state index in [1.807, 2.05) is 18.2 Å². The smallest absolute Gasteiger partial charge is 0.251 e. The maximum atomic E-state index is 14.7. The molecule has 1 saturated heterocycles. The fraction of sp³-hybridized carbons (Fsp3) is 0.375. The maximum Gasteiger partial charge on any atom is 0.251 e. The van der Waals surface area contributed by atoms with Crippen LogP contribution in [0.2, 0.25) is 0 Å². The van der Waals surface area contributed by atoms with E-state index >= 15 is 0 Å². The van der Waals surface area contributed by atoms with Gasteiger partial charge >= 0.3 is 0 Å². The number of piperidine rings is 1. The van der Waals surface area contributed by atoms with Crippen molar-refractivity contribution >= 4 is 17.0 Å². The summed E-state index contributed by atoms with van der Waals surface area (Å²) in [6.07, 6.45) is 7.88. The predicted octanol–water partition coefficient (Wildman–Crippen LogP) is 3.60. The fourth-order valence-corrected chi connectivity index (χ4v) is 4.85. The molecule has 2 aromatic heterocycles. The van der Waals surface area contributed by atoms with Gasteiger partial charge in [0.1, 0.15) is 11.6 Å². The highest BCUT2D eigenvalue weighted by molar-refractivity contribution is 5.84. The number of nitrogens with one attached hydrogen (secondary N) is 1. The highest BCUT2D eigenvalue weighted by Gasteiger charge is 2.31. The van der Waals surface area contributed by atoms with E-state index in [2.05, 4.69) is 16.3 Å². The van der Waals surface area contributed by atoms with Crippen LogP contribution in [-0.4, -0.2) is 41.7 Å². The summed E-state index contributed by atoms with van der Waals surface area (Å²) in [5.74, 6) is 0.708. The number of benzene rings is 1. The van der Waals surface area contributed by atoms with Crippen LogP contribution in [0.25, 0.3) is 17.0 Å². The van der Waals surface area contributed by atoms with E-state index in [0.29, 0.717) is 18.2 Å². The van der Waals surface area contributed by atoms with Crippen molar-refractivity contribution in [2.75, 3.05) is 26.2 Å². The summed E-state index contributed by atoms with van der Waals surface area (Å²) in [5.41, 5.74) is 1.46. The van der Waals surface area contributed by atoms with Crippen molar-refractivity contribution in [2.45, 2.75) is 31.3 Å². The zero-order chi connectivity index (χ0) is 20.5. The monoisotopic (exact) mass is 407 g/mol. The first-order chi connectivity index (χ1) is 14.7. The van der Waals surface area contributed by atoms with E-state index in [0.717, 1.165) is 55.7 Å². The second-order valence-corrected chi connectivity index (χ2v) is 8.28. The number of hydrogen-bond acceptors (Lipinski definition) is 4. The number of nitrogens with zero attached hydrogens (tertiary/aromatic N) is 2. The lowest BCUT2D eigenvalue weighted by Gasteiger charge is -2.34. The first-order valence-electron chi connectivity index (χ1n) is 10.7. The molecule has 0 spiro atoms. The molecule has 5 nitrogen and oxygen atoms in total. The van der Waals surface area contributed by atoms with Gasteiger partial charge in [-0.05, 0) is 67.7 Å². The molecular formula is C24H26FN3O2. The third-order valence-electron chi connectivity index (χ3n) is 6.36. The summed E-state index contributed by atoms with van der Waals surface area (Å²) in [6.45, 7) is 4.15. The summed E-state index contributed by atoms with van der Waals surface area (Å²) in [6, 6.07) is 11.0. The lowest BCUT2D eigenvalue weighted by atomic mass is 9.97. The molecule has 2 aliphatic rings. The molecule has 3 aromatic rings. The molecule has 0 bridgehead atoms. The quantitative estimate of drug-likeness (QED) is 0.678. The SMILES string of the molecule is O=c1ccc2ccc(F)c3c2n1C[C@H]3CN1CCC(NC/C=C/c2ccco2)CC1. The van der Waals surface area contributed by atoms with Crippen molar-refractivity contribution in [3.8, 4) is 0 Å². The highest BCUT2D eigenvalue weighted by Crippen LogP contribution is 2.35. The van der Waals surface area contributed by atoms with Gasteiger partial charge in [-0.3, -0.25) is 4.79 Å². The minimum Gasteiger partial charge on any atom is -0.465 e. The van der Waals surface area contributed by atoms with Gasteiger partial charge in [0.25, 0.3) is 5.56 Å². The molecule has 5 rings (SSSR count). The molecule has 2 aliphatic heterocycles. The van der Waals surface area contributed by atoms with Crippen LogP contribution in [0.1, 0.15) is 30.1 Å². The minimum atomic E-state index is -0.191. The van der Waals surface area contributed by atoms with Gasteiger partial charge in [-0.1, -0.05) is 6.08 Å². The number of pyridine rings is 1. The van der Waals surface area contributed by atoms with E-state index in [1.54, 1.807) is 29.0 Å². The lowest BCUT2D eigenvalue weighted by Crippen LogP contribution is -2.44. The fourth-order valence-electron chi connectivity index (χ4n) is 4.85. The van der Waals surface area contributed by atoms with Gasteiger partial charge in [0.15, 0.2) is 0 Å². The van der Waals surface area contributed by atoms with Crippen molar-refractivity contribution in [1.82, 2.24) is 14.8 Å². The van der Waals surface area contributed by atoms with Crippen LogP contribution in [-0.2, 0) is 6.54 Å². The summed E-state index contributed by atoms with van der Waals surface area (Å²) in [7, 11) is 0. The normalized spacial score (nSPS) is 20.0. The van der Waals surface area contributed by atoms with Gasteiger partial charge in [-0.25, -0.2) is 4.39 Å². The largest absolute Gasteiger partial charge is 0.465 e. The van der Waals surface area contributed by atoms with E-state index in [9.17, 15) is 9.18 Å². The molecule has 0 amide bonds. The molecule has 0 saturated carbocycles. The van der Waals surface area contributed by atoms with Gasteiger partial charge in [0.2, 0.25) is 0 Å². The molecule has 0 aliphatic carbocycles. The molecule has 30 heavy (non-hydrogen) atoms. The molecule has 1 fully saturated rings. The Morgan fingerprint density at radius 2 is 2.00 bits per heavy atom. The first-order valence-corrected chi connectivity index (χ1v) is 10.7. The van der Waals surface area contributed by atoms with Crippen molar-refractivity contribution in [3.05, 3.63) is 76.2 Å². The van der Waals surface area contributed by atoms with Crippen LogP contribution >= 0.6 is 0 Å². The molecule has 1 atom stereocenters. The van der Waals surface area contributed by atoms with Gasteiger partial charge in [0, 0.05) is 43.2 Å². The van der Waals surface area contributed by atoms with E-state index in [-0.39, 0.29) is 17.3 Å². The molecule has 1 aromatic carbocycles. The van der Waals surface area contributed by atoms with Crippen molar-refractivity contribution in [1.29, 1.82) is 0 Å². The van der Waals surface area contributed by atoms with Gasteiger partial charge in [-0.2, -0.15) is 0 Å². The Morgan fingerprint density at radius 3 is 2.80 bits per heavy atom. The Morgan fingerprint density at radius 1 is 1.17 bits per heavy atom. The summed E-state index contributed by atoms with van der Waals surface area (Å²) in [5, 5.41) is 4.53. The van der Waals surface area contributed by atoms with Crippen LogP contribution < -0.4 is 10.9 Å². The second kappa shape index (κ2) is 8.20. The van der Waals surface area contributed by atoms with E-state index < -0.39 is 0 Å². The zero-order valence-electron chi connectivity index (χ0n) is 16.9. The standard InChI is InChI=1S/C24H26FN3O2/c25-21-7-5-17-6-8-22(29)28-16-18(23(21)24(17)28)15-27-12-9-19(10-13-27)26-11-1-3-20-4-2-14-30-20/h1-8,14,18-19,26H,9-13,15-16H2/b3-1+/t18-/m1/s1. The zero-order valence-corrected chi connectivity index (χ0v) is 16.9. The van der Waals surface area contributed by atoms with Crippen molar-refractivity contribution in [3.63, 3.8) is 0 Å². The van der Waals surface area contributed by atoms with Gasteiger partial charge in [0.05, 0.1) is 11.8 Å². The lowest BCUT2D eigenvalue weighted by molar-refractivity contribution is 0.186. The highest BCUT2D eigenvalue weighted by atomic mass is 19.1. The topological polar surface area (TPSA) is 50.4 Å². The molecule has 0 unspecified atom stereocenters. The van der Waals surface area contributed by atoms with Crippen LogP contribution in [0.3, 0.4) is 0 Å². The third kappa shape index (κ3) is 3.73. The van der Waals surface area contributed by atoms with Crippen LogP contribution in [0.4, 0.5) is 4.39 Å². The molecule has 1 N–H and O–H groups in total. The summed E-state index contributed by atoms with van der Waals surface area (Å²) in [4.78, 5) is 14.7. The number of halogens is 1. The van der Waals surface area contributed by atoms with Crippen LogP contribution in [0.15, 0.2) is 57.9 Å². The summed E-state index contributed by atoms with van der Waals surface area (Å²) < 4.78 is 21.7. The van der Waals surface area contributed by atoms with E-state index in [1.165, 1.54) is 6.07 Å². The van der Waals surface area contributed by atoms with Crippen LogP contribution in [0, 0.1) is 5.82 Å². The first kappa shape index (κ1) is 19.3. The minimum absolute atomic E-state index is 0.0320. The molecular weight excluding hydrogens is 381 g/mol. The third-order valence-corrected chi connectivity index (χ3v) is 6.36. The van der Waals surface area contributed by atoms with Gasteiger partial charge in [-0.15, -0.1) is 0 Å². The number of furan rings is 1. The number of hydrogen-bond donors (Lipinski definition) is 1. The number of likely N-dealkylation sites (tertiary alicyclic amines) is 1. The molecule has 4 heterocycles.